The standard InChI is InChI=1S/C23H45N3O2S/c1-21(2,3)22(4,5)15-28-23(6,7)12-13-24-19(27)11-9-8-10-18-20-17(14-29-18)25-16-26-20/h17-18,20,25-26H,8-16H2,1-7H3,(H,24,27). The van der Waals surface area contributed by atoms with E-state index in [2.05, 4.69) is 76.2 Å². The maximum absolute atomic E-state index is 12.2. The topological polar surface area (TPSA) is 62.4 Å². The van der Waals surface area contributed by atoms with Crippen molar-refractivity contribution in [1.29, 1.82) is 0 Å². The number of hydrogen-bond donors (Lipinski definition) is 3. The van der Waals surface area contributed by atoms with E-state index < -0.39 is 0 Å². The summed E-state index contributed by atoms with van der Waals surface area (Å²) < 4.78 is 6.23. The second-order valence-corrected chi connectivity index (χ2v) is 12.4. The Hall–Kier alpha value is -0.300. The highest BCUT2D eigenvalue weighted by Crippen LogP contribution is 2.39. The molecule has 0 bridgehead atoms. The van der Waals surface area contributed by atoms with Crippen molar-refractivity contribution in [3.05, 3.63) is 0 Å². The fraction of sp³-hybridized carbons (Fsp3) is 0.957. The molecular formula is C23H45N3O2S. The zero-order valence-corrected chi connectivity index (χ0v) is 20.6. The van der Waals surface area contributed by atoms with E-state index in [9.17, 15) is 4.79 Å². The molecular weight excluding hydrogens is 382 g/mol. The lowest BCUT2D eigenvalue weighted by Crippen LogP contribution is -2.39. The van der Waals surface area contributed by atoms with Gasteiger partial charge in [0, 0.05) is 42.7 Å². The Morgan fingerprint density at radius 3 is 2.52 bits per heavy atom. The highest BCUT2D eigenvalue weighted by molar-refractivity contribution is 8.00. The first kappa shape index (κ1) is 25.0. The van der Waals surface area contributed by atoms with Gasteiger partial charge in [-0.05, 0) is 43.9 Å². The Kier molecular flexibility index (Phi) is 8.90. The third kappa shape index (κ3) is 7.71. The van der Waals surface area contributed by atoms with Crippen molar-refractivity contribution < 1.29 is 9.53 Å². The summed E-state index contributed by atoms with van der Waals surface area (Å²) in [7, 11) is 0. The summed E-state index contributed by atoms with van der Waals surface area (Å²) in [4.78, 5) is 12.2. The van der Waals surface area contributed by atoms with Crippen molar-refractivity contribution in [3.8, 4) is 0 Å². The van der Waals surface area contributed by atoms with Crippen LogP contribution >= 0.6 is 11.8 Å². The van der Waals surface area contributed by atoms with E-state index in [0.717, 1.165) is 32.5 Å². The molecule has 0 aromatic carbocycles. The lowest BCUT2D eigenvalue weighted by molar-refractivity contribution is -0.121. The number of nitrogens with one attached hydrogen (secondary N) is 3. The summed E-state index contributed by atoms with van der Waals surface area (Å²) in [6, 6.07) is 1.27. The van der Waals surface area contributed by atoms with E-state index >= 15 is 0 Å². The van der Waals surface area contributed by atoms with Gasteiger partial charge in [-0.2, -0.15) is 11.8 Å². The van der Waals surface area contributed by atoms with Crippen molar-refractivity contribution in [1.82, 2.24) is 16.0 Å². The van der Waals surface area contributed by atoms with E-state index in [1.807, 2.05) is 0 Å². The molecule has 2 saturated heterocycles. The third-order valence-corrected chi connectivity index (χ3v) is 8.58. The normalized spacial score (nSPS) is 25.3. The fourth-order valence-corrected chi connectivity index (χ4v) is 5.22. The van der Waals surface area contributed by atoms with Gasteiger partial charge in [-0.1, -0.05) is 41.0 Å². The third-order valence-electron chi connectivity index (χ3n) is 7.07. The molecule has 29 heavy (non-hydrogen) atoms. The minimum atomic E-state index is -0.228. The molecule has 3 unspecified atom stereocenters. The highest BCUT2D eigenvalue weighted by Gasteiger charge is 2.39. The van der Waals surface area contributed by atoms with Gasteiger partial charge in [-0.25, -0.2) is 0 Å². The molecule has 0 aromatic heterocycles. The van der Waals surface area contributed by atoms with Gasteiger partial charge in [0.25, 0.3) is 0 Å². The van der Waals surface area contributed by atoms with Crippen LogP contribution in [0.2, 0.25) is 0 Å². The number of ether oxygens (including phenoxy) is 1. The molecule has 170 valence electrons. The van der Waals surface area contributed by atoms with Crippen LogP contribution in [0, 0.1) is 10.8 Å². The number of hydrogen-bond acceptors (Lipinski definition) is 5. The first-order valence-corrected chi connectivity index (χ1v) is 12.5. The van der Waals surface area contributed by atoms with Crippen LogP contribution in [0.5, 0.6) is 0 Å². The number of fused-ring (bicyclic) bond motifs is 1. The molecule has 0 aromatic rings. The largest absolute Gasteiger partial charge is 0.375 e. The Morgan fingerprint density at radius 2 is 1.83 bits per heavy atom. The summed E-state index contributed by atoms with van der Waals surface area (Å²) in [5, 5.41) is 10.9. The lowest BCUT2D eigenvalue weighted by atomic mass is 9.70. The van der Waals surface area contributed by atoms with Gasteiger partial charge in [0.1, 0.15) is 0 Å². The van der Waals surface area contributed by atoms with Crippen molar-refractivity contribution in [2.24, 2.45) is 10.8 Å². The van der Waals surface area contributed by atoms with E-state index in [1.165, 1.54) is 12.2 Å². The fourth-order valence-electron chi connectivity index (χ4n) is 3.61. The molecule has 2 aliphatic rings. The van der Waals surface area contributed by atoms with Crippen LogP contribution in [0.1, 0.15) is 80.6 Å². The van der Waals surface area contributed by atoms with Crippen LogP contribution in [0.4, 0.5) is 0 Å². The zero-order chi connectivity index (χ0) is 21.7. The number of rotatable bonds is 11. The minimum Gasteiger partial charge on any atom is -0.375 e. The molecule has 1 amide bonds. The van der Waals surface area contributed by atoms with Crippen molar-refractivity contribution in [2.75, 3.05) is 25.6 Å². The average Bonchev–Trinajstić information content (AvgIpc) is 3.20. The van der Waals surface area contributed by atoms with Crippen molar-refractivity contribution in [2.45, 2.75) is 104 Å². The molecule has 2 heterocycles. The molecule has 0 spiro atoms. The molecule has 3 atom stereocenters. The summed E-state index contributed by atoms with van der Waals surface area (Å²) in [6.07, 6.45) is 4.78. The van der Waals surface area contributed by atoms with Gasteiger partial charge < -0.3 is 10.1 Å². The summed E-state index contributed by atoms with van der Waals surface area (Å²) in [6.45, 7) is 17.9. The predicted molar refractivity (Wildman–Crippen MR) is 124 cm³/mol. The Balaban J connectivity index is 1.55. The number of carbonyl (C=O) groups excluding carboxylic acids is 1. The number of amides is 1. The molecule has 5 nitrogen and oxygen atoms in total. The second kappa shape index (κ2) is 10.3. The number of thioether (sulfide) groups is 1. The first-order chi connectivity index (χ1) is 13.4. The minimum absolute atomic E-state index is 0.106. The van der Waals surface area contributed by atoms with E-state index in [4.69, 9.17) is 4.74 Å². The molecule has 0 aliphatic carbocycles. The SMILES string of the molecule is CC(C)(CCNC(=O)CCCCC1SCC2NCNC21)OCC(C)(C)C(C)(C)C. The highest BCUT2D eigenvalue weighted by atomic mass is 32.2. The molecule has 2 aliphatic heterocycles. The monoisotopic (exact) mass is 427 g/mol. The molecule has 6 heteroatoms. The lowest BCUT2D eigenvalue weighted by Gasteiger charge is -2.41. The summed E-state index contributed by atoms with van der Waals surface area (Å²) >= 11 is 2.08. The molecule has 2 fully saturated rings. The zero-order valence-electron chi connectivity index (χ0n) is 19.8. The maximum Gasteiger partial charge on any atom is 0.219 e. The van der Waals surface area contributed by atoms with Crippen LogP contribution in [-0.2, 0) is 9.53 Å². The van der Waals surface area contributed by atoms with Crippen LogP contribution in [0.15, 0.2) is 0 Å². The van der Waals surface area contributed by atoms with Crippen molar-refractivity contribution in [3.63, 3.8) is 0 Å². The van der Waals surface area contributed by atoms with Crippen LogP contribution in [0.3, 0.4) is 0 Å². The van der Waals surface area contributed by atoms with Crippen LogP contribution < -0.4 is 16.0 Å². The summed E-state index contributed by atoms with van der Waals surface area (Å²) in [5.41, 5.74) is 0.0725. The van der Waals surface area contributed by atoms with Gasteiger partial charge in [-0.3, -0.25) is 15.4 Å². The van der Waals surface area contributed by atoms with Gasteiger partial charge in [0.2, 0.25) is 5.91 Å². The van der Waals surface area contributed by atoms with E-state index in [1.54, 1.807) is 0 Å². The number of unbranched alkanes of at least 4 members (excludes halogenated alkanes) is 1. The van der Waals surface area contributed by atoms with Crippen LogP contribution in [-0.4, -0.2) is 54.4 Å². The molecule has 0 saturated carbocycles. The Bertz CT molecular complexity index is 531. The van der Waals surface area contributed by atoms with E-state index in [-0.39, 0.29) is 22.3 Å². The second-order valence-electron chi connectivity index (χ2n) is 11.1. The van der Waals surface area contributed by atoms with Gasteiger partial charge in [0.05, 0.1) is 12.2 Å². The molecule has 0 radical (unpaired) electrons. The molecule has 3 N–H and O–H groups in total. The predicted octanol–water partition coefficient (Wildman–Crippen LogP) is 3.92. The number of carbonyl (C=O) groups is 1. The van der Waals surface area contributed by atoms with Gasteiger partial charge >= 0.3 is 0 Å². The van der Waals surface area contributed by atoms with Crippen LogP contribution in [0.25, 0.3) is 0 Å². The first-order valence-electron chi connectivity index (χ1n) is 11.4. The summed E-state index contributed by atoms with van der Waals surface area (Å²) in [5.74, 6) is 1.39. The van der Waals surface area contributed by atoms with Crippen molar-refractivity contribution >= 4 is 17.7 Å². The quantitative estimate of drug-likeness (QED) is 0.436. The van der Waals surface area contributed by atoms with E-state index in [0.29, 0.717) is 30.3 Å². The Morgan fingerprint density at radius 1 is 1.10 bits per heavy atom. The maximum atomic E-state index is 12.2. The Labute approximate surface area is 183 Å². The van der Waals surface area contributed by atoms with Gasteiger partial charge in [-0.15, -0.1) is 0 Å². The van der Waals surface area contributed by atoms with Gasteiger partial charge in [0.15, 0.2) is 0 Å². The molecule has 2 rings (SSSR count). The smallest absolute Gasteiger partial charge is 0.219 e. The average molecular weight is 428 g/mol.